The molecule has 0 atom stereocenters. The van der Waals surface area contributed by atoms with Gasteiger partial charge in [-0.15, -0.1) is 0 Å². The lowest BCUT2D eigenvalue weighted by Crippen LogP contribution is -2.24. The number of nitrogen functional groups attached to an aromatic ring is 1. The van der Waals surface area contributed by atoms with Gasteiger partial charge in [0.2, 0.25) is 5.88 Å². The second kappa shape index (κ2) is 5.48. The van der Waals surface area contributed by atoms with Crippen molar-refractivity contribution in [2.24, 2.45) is 0 Å². The number of hydrogen-bond donors (Lipinski definition) is 2. The predicted octanol–water partition coefficient (Wildman–Crippen LogP) is 3.51. The standard InChI is InChI=1S/C14H19N3OS/c1-14(2,3)18-13-11(15)4-5-12(17-13)16-8-10-6-7-19-9-10/h4-7,9H,8,15H2,1-3H3,(H,16,17). The van der Waals surface area contributed by atoms with E-state index in [4.69, 9.17) is 10.5 Å². The van der Waals surface area contributed by atoms with Crippen LogP contribution in [0.2, 0.25) is 0 Å². The van der Waals surface area contributed by atoms with Crippen molar-refractivity contribution in [1.82, 2.24) is 4.98 Å². The molecule has 2 rings (SSSR count). The highest BCUT2D eigenvalue weighted by atomic mass is 32.1. The SMILES string of the molecule is CC(C)(C)Oc1nc(NCc2ccsc2)ccc1N. The Morgan fingerprint density at radius 2 is 2.11 bits per heavy atom. The Kier molecular flexibility index (Phi) is 3.95. The summed E-state index contributed by atoms with van der Waals surface area (Å²) in [5, 5.41) is 7.43. The molecule has 5 heteroatoms. The highest BCUT2D eigenvalue weighted by molar-refractivity contribution is 7.07. The molecule has 0 unspecified atom stereocenters. The first-order valence-electron chi connectivity index (χ1n) is 6.14. The molecule has 0 saturated heterocycles. The van der Waals surface area contributed by atoms with Crippen molar-refractivity contribution in [2.45, 2.75) is 32.9 Å². The molecule has 0 amide bonds. The lowest BCUT2D eigenvalue weighted by atomic mass is 10.2. The van der Waals surface area contributed by atoms with Crippen LogP contribution in [0.3, 0.4) is 0 Å². The molecule has 0 saturated carbocycles. The predicted molar refractivity (Wildman–Crippen MR) is 80.7 cm³/mol. The van der Waals surface area contributed by atoms with Crippen molar-refractivity contribution in [3.8, 4) is 5.88 Å². The largest absolute Gasteiger partial charge is 0.470 e. The number of pyridine rings is 1. The lowest BCUT2D eigenvalue weighted by Gasteiger charge is -2.21. The van der Waals surface area contributed by atoms with Gasteiger partial charge in [-0.25, -0.2) is 0 Å². The van der Waals surface area contributed by atoms with Gasteiger partial charge in [0, 0.05) is 6.54 Å². The van der Waals surface area contributed by atoms with Crippen LogP contribution in [0.1, 0.15) is 26.3 Å². The van der Waals surface area contributed by atoms with Crippen molar-refractivity contribution in [3.05, 3.63) is 34.5 Å². The van der Waals surface area contributed by atoms with Gasteiger partial charge in [0.05, 0.1) is 5.69 Å². The summed E-state index contributed by atoms with van der Waals surface area (Å²) >= 11 is 1.68. The number of ether oxygens (including phenoxy) is 1. The van der Waals surface area contributed by atoms with Crippen LogP contribution in [-0.2, 0) is 6.54 Å². The summed E-state index contributed by atoms with van der Waals surface area (Å²) in [7, 11) is 0. The summed E-state index contributed by atoms with van der Waals surface area (Å²) < 4.78 is 5.74. The van der Waals surface area contributed by atoms with E-state index in [0.717, 1.165) is 12.4 Å². The molecule has 0 aliphatic heterocycles. The summed E-state index contributed by atoms with van der Waals surface area (Å²) in [6, 6.07) is 5.75. The fourth-order valence-electron chi connectivity index (χ4n) is 1.51. The Morgan fingerprint density at radius 3 is 2.74 bits per heavy atom. The molecule has 3 N–H and O–H groups in total. The monoisotopic (exact) mass is 277 g/mol. The topological polar surface area (TPSA) is 60.2 Å². The van der Waals surface area contributed by atoms with Gasteiger partial charge in [-0.05, 0) is 55.3 Å². The van der Waals surface area contributed by atoms with Crippen LogP contribution in [0.4, 0.5) is 11.5 Å². The summed E-state index contributed by atoms with van der Waals surface area (Å²) in [6.07, 6.45) is 0. The Balaban J connectivity index is 2.07. The lowest BCUT2D eigenvalue weighted by molar-refractivity contribution is 0.125. The normalized spacial score (nSPS) is 11.3. The number of hydrogen-bond acceptors (Lipinski definition) is 5. The van der Waals surface area contributed by atoms with Crippen LogP contribution in [0.15, 0.2) is 29.0 Å². The first-order valence-corrected chi connectivity index (χ1v) is 7.09. The molecule has 0 radical (unpaired) electrons. The minimum Gasteiger partial charge on any atom is -0.470 e. The summed E-state index contributed by atoms with van der Waals surface area (Å²) in [5.41, 5.74) is 7.35. The second-order valence-electron chi connectivity index (χ2n) is 5.29. The van der Waals surface area contributed by atoms with E-state index in [9.17, 15) is 0 Å². The molecular formula is C14H19N3OS. The molecule has 0 bridgehead atoms. The number of nitrogens with two attached hydrogens (primary N) is 1. The number of anilines is 2. The third-order valence-electron chi connectivity index (χ3n) is 2.35. The molecule has 0 fully saturated rings. The van der Waals surface area contributed by atoms with E-state index in [2.05, 4.69) is 27.1 Å². The zero-order valence-corrected chi connectivity index (χ0v) is 12.3. The van der Waals surface area contributed by atoms with E-state index < -0.39 is 0 Å². The Hall–Kier alpha value is -1.75. The fourth-order valence-corrected chi connectivity index (χ4v) is 2.18. The molecule has 4 nitrogen and oxygen atoms in total. The number of thiophene rings is 1. The van der Waals surface area contributed by atoms with Gasteiger partial charge in [-0.2, -0.15) is 16.3 Å². The molecular weight excluding hydrogens is 258 g/mol. The van der Waals surface area contributed by atoms with Crippen molar-refractivity contribution in [3.63, 3.8) is 0 Å². The molecule has 0 aliphatic rings. The highest BCUT2D eigenvalue weighted by Crippen LogP contribution is 2.25. The highest BCUT2D eigenvalue weighted by Gasteiger charge is 2.15. The molecule has 0 spiro atoms. The fraction of sp³-hybridized carbons (Fsp3) is 0.357. The quantitative estimate of drug-likeness (QED) is 0.897. The van der Waals surface area contributed by atoms with Gasteiger partial charge in [0.15, 0.2) is 0 Å². The summed E-state index contributed by atoms with van der Waals surface area (Å²) in [5.74, 6) is 1.24. The van der Waals surface area contributed by atoms with Crippen molar-refractivity contribution in [2.75, 3.05) is 11.1 Å². The van der Waals surface area contributed by atoms with Gasteiger partial charge >= 0.3 is 0 Å². The van der Waals surface area contributed by atoms with E-state index >= 15 is 0 Å². The molecule has 0 aliphatic carbocycles. The molecule has 2 aromatic rings. The molecule has 102 valence electrons. The maximum atomic E-state index is 5.87. The van der Waals surface area contributed by atoms with Crippen LogP contribution in [0.5, 0.6) is 5.88 Å². The third kappa shape index (κ3) is 4.13. The van der Waals surface area contributed by atoms with E-state index in [-0.39, 0.29) is 5.60 Å². The van der Waals surface area contributed by atoms with Gasteiger partial charge in [-0.3, -0.25) is 0 Å². The Bertz CT molecular complexity index is 532. The van der Waals surface area contributed by atoms with E-state index in [1.807, 2.05) is 32.9 Å². The van der Waals surface area contributed by atoms with Crippen molar-refractivity contribution in [1.29, 1.82) is 0 Å². The maximum absolute atomic E-state index is 5.87. The van der Waals surface area contributed by atoms with Gasteiger partial charge in [0.25, 0.3) is 0 Å². The number of nitrogens with one attached hydrogen (secondary N) is 1. The van der Waals surface area contributed by atoms with Crippen LogP contribution < -0.4 is 15.8 Å². The molecule has 2 aromatic heterocycles. The Labute approximate surface area is 117 Å². The number of rotatable bonds is 4. The Morgan fingerprint density at radius 1 is 1.32 bits per heavy atom. The van der Waals surface area contributed by atoms with E-state index in [1.165, 1.54) is 5.56 Å². The first-order chi connectivity index (χ1) is 8.94. The van der Waals surface area contributed by atoms with Crippen molar-refractivity contribution >= 4 is 22.8 Å². The van der Waals surface area contributed by atoms with E-state index in [0.29, 0.717) is 11.6 Å². The molecule has 0 aromatic carbocycles. The van der Waals surface area contributed by atoms with Crippen LogP contribution in [-0.4, -0.2) is 10.6 Å². The zero-order valence-electron chi connectivity index (χ0n) is 11.4. The number of nitrogens with zero attached hydrogens (tertiary/aromatic N) is 1. The number of aromatic nitrogens is 1. The smallest absolute Gasteiger partial charge is 0.239 e. The first kappa shape index (κ1) is 13.7. The second-order valence-corrected chi connectivity index (χ2v) is 6.07. The zero-order chi connectivity index (χ0) is 13.9. The molecule has 2 heterocycles. The summed E-state index contributed by atoms with van der Waals surface area (Å²) in [4.78, 5) is 4.40. The summed E-state index contributed by atoms with van der Waals surface area (Å²) in [6.45, 7) is 6.66. The third-order valence-corrected chi connectivity index (χ3v) is 3.08. The molecule has 19 heavy (non-hydrogen) atoms. The van der Waals surface area contributed by atoms with Gasteiger partial charge < -0.3 is 15.8 Å². The van der Waals surface area contributed by atoms with Crippen LogP contribution in [0.25, 0.3) is 0 Å². The minimum absolute atomic E-state index is 0.312. The van der Waals surface area contributed by atoms with E-state index in [1.54, 1.807) is 11.3 Å². The van der Waals surface area contributed by atoms with Crippen molar-refractivity contribution < 1.29 is 4.74 Å². The van der Waals surface area contributed by atoms with Crippen LogP contribution >= 0.6 is 11.3 Å². The minimum atomic E-state index is -0.312. The average Bonchev–Trinajstić information content (AvgIpc) is 2.81. The average molecular weight is 277 g/mol. The van der Waals surface area contributed by atoms with Crippen LogP contribution in [0, 0.1) is 0 Å². The maximum Gasteiger partial charge on any atom is 0.239 e. The van der Waals surface area contributed by atoms with Gasteiger partial charge in [0.1, 0.15) is 11.4 Å². The van der Waals surface area contributed by atoms with Gasteiger partial charge in [-0.1, -0.05) is 0 Å².